The van der Waals surface area contributed by atoms with Gasteiger partial charge in [0, 0.05) is 30.9 Å². The van der Waals surface area contributed by atoms with Crippen molar-refractivity contribution in [1.29, 1.82) is 0 Å². The summed E-state index contributed by atoms with van der Waals surface area (Å²) >= 11 is 0. The molecule has 3 rings (SSSR count). The van der Waals surface area contributed by atoms with Crippen LogP contribution in [0.25, 0.3) is 0 Å². The Morgan fingerprint density at radius 1 is 1.20 bits per heavy atom. The number of ether oxygens (including phenoxy) is 3. The maximum atomic E-state index is 6.39. The Balaban J connectivity index is 1.92. The molecule has 0 radical (unpaired) electrons. The van der Waals surface area contributed by atoms with Crippen LogP contribution in [-0.2, 0) is 4.74 Å². The molecule has 0 saturated carbocycles. The first-order valence-electron chi connectivity index (χ1n) is 7.29. The van der Waals surface area contributed by atoms with Crippen LogP contribution in [0.5, 0.6) is 11.5 Å². The number of benzene rings is 1. The van der Waals surface area contributed by atoms with E-state index in [0.717, 1.165) is 36.3 Å². The molecule has 110 valence electrons. The van der Waals surface area contributed by atoms with Crippen molar-refractivity contribution in [3.8, 4) is 11.5 Å². The van der Waals surface area contributed by atoms with Crippen molar-refractivity contribution < 1.29 is 14.2 Å². The number of rotatable bonds is 1. The lowest BCUT2D eigenvalue weighted by Crippen LogP contribution is -2.51. The van der Waals surface area contributed by atoms with E-state index in [1.165, 1.54) is 0 Å². The molecular weight excluding hydrogens is 254 g/mol. The normalized spacial score (nSPS) is 36.3. The molecule has 1 fully saturated rings. The van der Waals surface area contributed by atoms with E-state index in [4.69, 9.17) is 19.9 Å². The van der Waals surface area contributed by atoms with Crippen LogP contribution in [0.2, 0.25) is 0 Å². The average Bonchev–Trinajstić information content (AvgIpc) is 2.36. The van der Waals surface area contributed by atoms with E-state index in [1.807, 2.05) is 18.2 Å². The molecule has 1 spiro atoms. The first-order chi connectivity index (χ1) is 9.51. The molecule has 2 unspecified atom stereocenters. The van der Waals surface area contributed by atoms with Gasteiger partial charge < -0.3 is 19.9 Å². The fraction of sp³-hybridized carbons (Fsp3) is 0.625. The molecule has 4 nitrogen and oxygen atoms in total. The molecule has 20 heavy (non-hydrogen) atoms. The van der Waals surface area contributed by atoms with Gasteiger partial charge in [0.05, 0.1) is 19.3 Å². The molecule has 2 aliphatic rings. The average molecular weight is 277 g/mol. The minimum Gasteiger partial charge on any atom is -0.497 e. The first-order valence-corrected chi connectivity index (χ1v) is 7.29. The van der Waals surface area contributed by atoms with Crippen molar-refractivity contribution in [2.45, 2.75) is 57.0 Å². The molecule has 1 aromatic carbocycles. The number of hydrogen-bond donors (Lipinski definition) is 1. The Labute approximate surface area is 120 Å². The Morgan fingerprint density at radius 3 is 2.55 bits per heavy atom. The third-order valence-electron chi connectivity index (χ3n) is 4.32. The summed E-state index contributed by atoms with van der Waals surface area (Å²) in [5.41, 5.74) is 7.25. The van der Waals surface area contributed by atoms with Crippen molar-refractivity contribution in [2.75, 3.05) is 7.11 Å². The van der Waals surface area contributed by atoms with Gasteiger partial charge in [0.1, 0.15) is 17.1 Å². The molecule has 4 heteroatoms. The topological polar surface area (TPSA) is 53.7 Å². The summed E-state index contributed by atoms with van der Waals surface area (Å²) in [6.07, 6.45) is 3.06. The summed E-state index contributed by atoms with van der Waals surface area (Å²) in [6, 6.07) is 5.88. The van der Waals surface area contributed by atoms with Gasteiger partial charge in [0.2, 0.25) is 0 Å². The summed E-state index contributed by atoms with van der Waals surface area (Å²) in [5.74, 6) is 1.72. The fourth-order valence-corrected chi connectivity index (χ4v) is 3.70. The molecule has 3 atom stereocenters. The van der Waals surface area contributed by atoms with Crippen LogP contribution in [0.1, 0.15) is 44.7 Å². The third kappa shape index (κ3) is 2.38. The van der Waals surface area contributed by atoms with Gasteiger partial charge in [-0.25, -0.2) is 0 Å². The Bertz CT molecular complexity index is 492. The number of fused-ring (bicyclic) bond motifs is 1. The van der Waals surface area contributed by atoms with E-state index < -0.39 is 0 Å². The molecule has 0 amide bonds. The van der Waals surface area contributed by atoms with E-state index >= 15 is 0 Å². The lowest BCUT2D eigenvalue weighted by Gasteiger charge is -2.47. The number of hydrogen-bond acceptors (Lipinski definition) is 4. The molecule has 1 aromatic rings. The van der Waals surface area contributed by atoms with E-state index in [0.29, 0.717) is 0 Å². The maximum absolute atomic E-state index is 6.39. The Morgan fingerprint density at radius 2 is 1.90 bits per heavy atom. The maximum Gasteiger partial charge on any atom is 0.125 e. The van der Waals surface area contributed by atoms with Crippen molar-refractivity contribution in [2.24, 2.45) is 5.73 Å². The molecule has 0 bridgehead atoms. The highest BCUT2D eigenvalue weighted by Crippen LogP contribution is 2.46. The SMILES string of the molecule is COc1ccc2c(c1)[C@@H](N)CC1(CC(C)OC(C)C1)O2. The predicted octanol–water partition coefficient (Wildman–Crippen LogP) is 2.80. The van der Waals surface area contributed by atoms with Gasteiger partial charge in [-0.15, -0.1) is 0 Å². The number of nitrogens with two attached hydrogens (primary N) is 1. The third-order valence-corrected chi connectivity index (χ3v) is 4.32. The first kappa shape index (κ1) is 13.7. The standard InChI is InChI=1S/C16H23NO3/c1-10-7-16(8-11(2)19-10)9-14(17)13-6-12(18-3)4-5-15(13)20-16/h4-6,10-11,14H,7-9,17H2,1-3H3/t10?,11?,14-,16?/m0/s1. The molecule has 2 N–H and O–H groups in total. The van der Waals surface area contributed by atoms with Crippen LogP contribution in [-0.4, -0.2) is 24.9 Å². The van der Waals surface area contributed by atoms with E-state index in [2.05, 4.69) is 13.8 Å². The smallest absolute Gasteiger partial charge is 0.125 e. The van der Waals surface area contributed by atoms with Crippen LogP contribution in [0.4, 0.5) is 0 Å². The van der Waals surface area contributed by atoms with Crippen LogP contribution >= 0.6 is 0 Å². The Kier molecular flexibility index (Phi) is 3.38. The van der Waals surface area contributed by atoms with Gasteiger partial charge in [-0.3, -0.25) is 0 Å². The van der Waals surface area contributed by atoms with Crippen molar-refractivity contribution in [3.63, 3.8) is 0 Å². The summed E-state index contributed by atoms with van der Waals surface area (Å²) in [5, 5.41) is 0. The lowest BCUT2D eigenvalue weighted by molar-refractivity contribution is -0.129. The van der Waals surface area contributed by atoms with Gasteiger partial charge in [0.25, 0.3) is 0 Å². The van der Waals surface area contributed by atoms with Gasteiger partial charge in [-0.05, 0) is 32.0 Å². The van der Waals surface area contributed by atoms with Gasteiger partial charge in [0.15, 0.2) is 0 Å². The van der Waals surface area contributed by atoms with Gasteiger partial charge in [-0.1, -0.05) is 0 Å². The fourth-order valence-electron chi connectivity index (χ4n) is 3.70. The molecule has 2 heterocycles. The molecule has 2 aliphatic heterocycles. The predicted molar refractivity (Wildman–Crippen MR) is 77.1 cm³/mol. The van der Waals surface area contributed by atoms with Crippen LogP contribution in [0.3, 0.4) is 0 Å². The van der Waals surface area contributed by atoms with Crippen LogP contribution in [0.15, 0.2) is 18.2 Å². The second-order valence-corrected chi connectivity index (χ2v) is 6.17. The summed E-state index contributed by atoms with van der Waals surface area (Å²) < 4.78 is 17.5. The molecule has 0 aromatic heterocycles. The van der Waals surface area contributed by atoms with E-state index in [9.17, 15) is 0 Å². The second kappa shape index (κ2) is 4.93. The highest BCUT2D eigenvalue weighted by atomic mass is 16.5. The van der Waals surface area contributed by atoms with Crippen LogP contribution in [0, 0.1) is 0 Å². The van der Waals surface area contributed by atoms with Gasteiger partial charge in [-0.2, -0.15) is 0 Å². The molecular formula is C16H23NO3. The zero-order chi connectivity index (χ0) is 14.3. The van der Waals surface area contributed by atoms with E-state index in [1.54, 1.807) is 7.11 Å². The summed E-state index contributed by atoms with van der Waals surface area (Å²) in [7, 11) is 1.67. The second-order valence-electron chi connectivity index (χ2n) is 6.17. The van der Waals surface area contributed by atoms with E-state index in [-0.39, 0.29) is 23.9 Å². The zero-order valence-corrected chi connectivity index (χ0v) is 12.4. The minimum absolute atomic E-state index is 0.00801. The van der Waals surface area contributed by atoms with Gasteiger partial charge >= 0.3 is 0 Å². The number of methoxy groups -OCH3 is 1. The molecule has 0 aliphatic carbocycles. The van der Waals surface area contributed by atoms with Crippen LogP contribution < -0.4 is 15.2 Å². The molecule has 1 saturated heterocycles. The van der Waals surface area contributed by atoms with Crippen molar-refractivity contribution in [1.82, 2.24) is 0 Å². The Hall–Kier alpha value is -1.26. The lowest BCUT2D eigenvalue weighted by atomic mass is 9.79. The van der Waals surface area contributed by atoms with Crippen molar-refractivity contribution >= 4 is 0 Å². The quantitative estimate of drug-likeness (QED) is 0.857. The zero-order valence-electron chi connectivity index (χ0n) is 12.4. The monoisotopic (exact) mass is 277 g/mol. The summed E-state index contributed by atoms with van der Waals surface area (Å²) in [4.78, 5) is 0. The highest BCUT2D eigenvalue weighted by Gasteiger charge is 2.45. The highest BCUT2D eigenvalue weighted by molar-refractivity contribution is 5.44. The summed E-state index contributed by atoms with van der Waals surface area (Å²) in [6.45, 7) is 4.21. The largest absolute Gasteiger partial charge is 0.497 e. The van der Waals surface area contributed by atoms with Crippen molar-refractivity contribution in [3.05, 3.63) is 23.8 Å². The minimum atomic E-state index is -0.182.